The highest BCUT2D eigenvalue weighted by Gasteiger charge is 2.09. The Morgan fingerprint density at radius 3 is 2.88 bits per heavy atom. The van der Waals surface area contributed by atoms with E-state index in [4.69, 9.17) is 16.7 Å². The van der Waals surface area contributed by atoms with Crippen molar-refractivity contribution in [3.8, 4) is 0 Å². The third kappa shape index (κ3) is 4.71. The molecule has 0 bridgehead atoms. The lowest BCUT2D eigenvalue weighted by Crippen LogP contribution is -2.20. The summed E-state index contributed by atoms with van der Waals surface area (Å²) in [5.41, 5.74) is 0.874. The van der Waals surface area contributed by atoms with Crippen molar-refractivity contribution in [1.82, 2.24) is 5.32 Å². The van der Waals surface area contributed by atoms with Crippen LogP contribution >= 0.6 is 11.6 Å². The van der Waals surface area contributed by atoms with Crippen LogP contribution in [0, 0.1) is 11.7 Å². The largest absolute Gasteiger partial charge is 0.481 e. The van der Waals surface area contributed by atoms with Gasteiger partial charge in [0.05, 0.1) is 10.9 Å². The molecule has 0 heterocycles. The van der Waals surface area contributed by atoms with Crippen molar-refractivity contribution < 1.29 is 14.3 Å². The number of carboxylic acid groups (broad SMARTS) is 1. The van der Waals surface area contributed by atoms with Gasteiger partial charge in [0, 0.05) is 6.54 Å². The van der Waals surface area contributed by atoms with E-state index in [0.717, 1.165) is 5.56 Å². The quantitative estimate of drug-likeness (QED) is 0.773. The summed E-state index contributed by atoms with van der Waals surface area (Å²) < 4.78 is 12.9. The molecule has 5 heteroatoms. The van der Waals surface area contributed by atoms with E-state index in [2.05, 4.69) is 5.32 Å². The molecule has 0 spiro atoms. The zero-order valence-electron chi connectivity index (χ0n) is 9.54. The highest BCUT2D eigenvalue weighted by Crippen LogP contribution is 2.15. The number of rotatable bonds is 6. The smallest absolute Gasteiger partial charge is 0.306 e. The van der Waals surface area contributed by atoms with E-state index in [1.165, 1.54) is 6.07 Å². The number of carboxylic acids is 1. The Balaban J connectivity index is 2.31. The third-order valence-corrected chi connectivity index (χ3v) is 2.78. The van der Waals surface area contributed by atoms with Crippen LogP contribution in [0.25, 0.3) is 0 Å². The molecule has 1 unspecified atom stereocenters. The van der Waals surface area contributed by atoms with Crippen LogP contribution in [0.4, 0.5) is 4.39 Å². The molecule has 0 saturated carbocycles. The first kappa shape index (κ1) is 13.9. The molecule has 0 aliphatic carbocycles. The molecule has 0 aliphatic rings. The van der Waals surface area contributed by atoms with Gasteiger partial charge in [-0.2, -0.15) is 0 Å². The van der Waals surface area contributed by atoms with Crippen LogP contribution in [0.1, 0.15) is 18.9 Å². The fourth-order valence-electron chi connectivity index (χ4n) is 1.32. The number of hydrogen-bond donors (Lipinski definition) is 2. The molecule has 17 heavy (non-hydrogen) atoms. The molecule has 2 N–H and O–H groups in total. The van der Waals surface area contributed by atoms with Gasteiger partial charge in [-0.3, -0.25) is 4.79 Å². The van der Waals surface area contributed by atoms with Crippen LogP contribution in [-0.2, 0) is 11.3 Å². The second-order valence-electron chi connectivity index (χ2n) is 3.95. The Morgan fingerprint density at radius 1 is 1.59 bits per heavy atom. The van der Waals surface area contributed by atoms with Crippen LogP contribution in [0.2, 0.25) is 5.02 Å². The summed E-state index contributed by atoms with van der Waals surface area (Å²) in [6.45, 7) is 2.81. The van der Waals surface area contributed by atoms with E-state index in [9.17, 15) is 9.18 Å². The van der Waals surface area contributed by atoms with Gasteiger partial charge in [0.2, 0.25) is 0 Å². The molecule has 3 nitrogen and oxygen atoms in total. The summed E-state index contributed by atoms with van der Waals surface area (Å²) in [7, 11) is 0. The van der Waals surface area contributed by atoms with Crippen molar-refractivity contribution in [2.24, 2.45) is 5.92 Å². The fraction of sp³-hybridized carbons (Fsp3) is 0.417. The van der Waals surface area contributed by atoms with Crippen LogP contribution in [0.5, 0.6) is 0 Å². The summed E-state index contributed by atoms with van der Waals surface area (Å²) in [6.07, 6.45) is 0.560. The minimum Gasteiger partial charge on any atom is -0.481 e. The SMILES string of the molecule is CC(CCNCc1ccc(F)c(Cl)c1)C(=O)O. The summed E-state index contributed by atoms with van der Waals surface area (Å²) in [5.74, 6) is -1.59. The lowest BCUT2D eigenvalue weighted by Gasteiger charge is -2.08. The van der Waals surface area contributed by atoms with Gasteiger partial charge in [-0.05, 0) is 30.7 Å². The lowest BCUT2D eigenvalue weighted by atomic mass is 10.1. The minimum atomic E-state index is -0.795. The first-order valence-electron chi connectivity index (χ1n) is 5.38. The average molecular weight is 260 g/mol. The van der Waals surface area contributed by atoms with Crippen LogP contribution in [-0.4, -0.2) is 17.6 Å². The summed E-state index contributed by atoms with van der Waals surface area (Å²) in [6, 6.07) is 4.53. The van der Waals surface area contributed by atoms with Crippen molar-refractivity contribution in [1.29, 1.82) is 0 Å². The standard InChI is InChI=1S/C12H15ClFNO2/c1-8(12(16)17)4-5-15-7-9-2-3-11(14)10(13)6-9/h2-3,6,8,15H,4-5,7H2,1H3,(H,16,17). The van der Waals surface area contributed by atoms with Gasteiger partial charge in [0.15, 0.2) is 0 Å². The van der Waals surface area contributed by atoms with Gasteiger partial charge in [-0.25, -0.2) is 4.39 Å². The fourth-order valence-corrected chi connectivity index (χ4v) is 1.53. The van der Waals surface area contributed by atoms with Crippen molar-refractivity contribution >= 4 is 17.6 Å². The Morgan fingerprint density at radius 2 is 2.29 bits per heavy atom. The zero-order chi connectivity index (χ0) is 12.8. The van der Waals surface area contributed by atoms with Crippen LogP contribution in [0.3, 0.4) is 0 Å². The maximum absolute atomic E-state index is 12.9. The van der Waals surface area contributed by atoms with Crippen molar-refractivity contribution in [2.75, 3.05) is 6.54 Å². The van der Waals surface area contributed by atoms with Gasteiger partial charge in [-0.1, -0.05) is 24.6 Å². The lowest BCUT2D eigenvalue weighted by molar-refractivity contribution is -0.141. The molecule has 0 amide bonds. The van der Waals surface area contributed by atoms with E-state index in [-0.39, 0.29) is 10.9 Å². The number of halogens is 2. The normalized spacial score (nSPS) is 12.4. The summed E-state index contributed by atoms with van der Waals surface area (Å²) in [5, 5.41) is 11.9. The van der Waals surface area contributed by atoms with Crippen LogP contribution in [0.15, 0.2) is 18.2 Å². The van der Waals surface area contributed by atoms with Gasteiger partial charge < -0.3 is 10.4 Å². The molecule has 0 fully saturated rings. The first-order chi connectivity index (χ1) is 8.00. The van der Waals surface area contributed by atoms with Crippen molar-refractivity contribution in [3.05, 3.63) is 34.6 Å². The molecular weight excluding hydrogens is 245 g/mol. The number of aliphatic carboxylic acids is 1. The Bertz CT molecular complexity index is 398. The molecule has 1 aromatic carbocycles. The highest BCUT2D eigenvalue weighted by atomic mass is 35.5. The van der Waals surface area contributed by atoms with E-state index in [0.29, 0.717) is 19.5 Å². The second-order valence-corrected chi connectivity index (χ2v) is 4.36. The van der Waals surface area contributed by atoms with Crippen molar-refractivity contribution in [2.45, 2.75) is 19.9 Å². The third-order valence-electron chi connectivity index (χ3n) is 2.49. The number of nitrogens with one attached hydrogen (secondary N) is 1. The predicted octanol–water partition coefficient (Wildman–Crippen LogP) is 2.68. The van der Waals surface area contributed by atoms with E-state index in [1.54, 1.807) is 19.1 Å². The molecule has 94 valence electrons. The molecule has 1 rings (SSSR count). The Labute approximate surface area is 105 Å². The van der Waals surface area contributed by atoms with Crippen molar-refractivity contribution in [3.63, 3.8) is 0 Å². The molecule has 0 aliphatic heterocycles. The molecule has 0 aromatic heterocycles. The summed E-state index contributed by atoms with van der Waals surface area (Å²) >= 11 is 5.64. The molecule has 0 radical (unpaired) electrons. The van der Waals surface area contributed by atoms with Gasteiger partial charge >= 0.3 is 5.97 Å². The first-order valence-corrected chi connectivity index (χ1v) is 5.76. The number of hydrogen-bond acceptors (Lipinski definition) is 2. The zero-order valence-corrected chi connectivity index (χ0v) is 10.3. The van der Waals surface area contributed by atoms with Gasteiger partial charge in [-0.15, -0.1) is 0 Å². The molecular formula is C12H15ClFNO2. The second kappa shape index (κ2) is 6.57. The Hall–Kier alpha value is -1.13. The van der Waals surface area contributed by atoms with Gasteiger partial charge in [0.25, 0.3) is 0 Å². The monoisotopic (exact) mass is 259 g/mol. The van der Waals surface area contributed by atoms with Gasteiger partial charge in [0.1, 0.15) is 5.82 Å². The summed E-state index contributed by atoms with van der Waals surface area (Å²) in [4.78, 5) is 10.6. The highest BCUT2D eigenvalue weighted by molar-refractivity contribution is 6.30. The topological polar surface area (TPSA) is 49.3 Å². The van der Waals surface area contributed by atoms with E-state index in [1.807, 2.05) is 0 Å². The predicted molar refractivity (Wildman–Crippen MR) is 64.5 cm³/mol. The minimum absolute atomic E-state index is 0.100. The number of benzene rings is 1. The van der Waals surface area contributed by atoms with Crippen LogP contribution < -0.4 is 5.32 Å². The Kier molecular flexibility index (Phi) is 5.38. The van der Waals surface area contributed by atoms with E-state index >= 15 is 0 Å². The molecule has 1 aromatic rings. The number of carbonyl (C=O) groups is 1. The maximum atomic E-state index is 12.9. The molecule has 1 atom stereocenters. The average Bonchev–Trinajstić information content (AvgIpc) is 2.28. The van der Waals surface area contributed by atoms with E-state index < -0.39 is 11.8 Å². The molecule has 0 saturated heterocycles. The maximum Gasteiger partial charge on any atom is 0.306 e.